The van der Waals surface area contributed by atoms with Crippen molar-refractivity contribution in [3.8, 4) is 0 Å². The molecule has 0 amide bonds. The van der Waals surface area contributed by atoms with Crippen molar-refractivity contribution in [1.29, 1.82) is 0 Å². The zero-order chi connectivity index (χ0) is 74.2. The topological polar surface area (TPSA) is 0 Å². The molecule has 0 rings (SSSR count). The van der Waals surface area contributed by atoms with E-state index in [0.29, 0.717) is 55.8 Å². The molecule has 0 N–H and O–H groups in total. The number of hydrogen-bond donors (Lipinski definition) is 0. The maximum Gasteiger partial charge on any atom is 0.115 e. The molecule has 6 atom stereocenters. The third kappa shape index (κ3) is 40.2. The molecule has 0 aromatic carbocycles. The Morgan fingerprint density at radius 1 is 0.256 bits per heavy atom. The fourth-order valence-electron chi connectivity index (χ4n) is 13.9. The maximum absolute atomic E-state index is 14.4. The second-order valence-corrected chi connectivity index (χ2v) is 32.8. The molecule has 0 aliphatic carbocycles. The standard InChI is InChI=1S/2C12H25F.2C11H23F.2C10H21F.2C8H17F/c1-8(2)11(9(3)4)12(7,13)10(5)6;1-7-8-12(6,13)11(9(2)3)10(4)5;1-7-10(5,8-2)11(6,12)9(3)4;1-6-9-11(5,12)10(4,7-2)8-3;1-6-9(7-2)10(5,11)8(3)4;1-5-8-10(4,11)9(6-2)7-3;1-6(2)8(5,9)7(3)4;1-4-6-8(3,9)7-5-2/h8-11H,1-7H3;9-11H,7-8H2,1-6H3;9H,7-8H2,1-6H3;6-9H2,1-5H3;8-9H,6-7H2,1-5H3;9H,5-8H2,1-4H3;6-7H,1-5H3;4-7H2,1-3H3. The van der Waals surface area contributed by atoms with Gasteiger partial charge in [-0.15, -0.1) is 0 Å². The van der Waals surface area contributed by atoms with Crippen LogP contribution >= 0.6 is 0 Å². The van der Waals surface area contributed by atoms with Gasteiger partial charge in [0.15, 0.2) is 0 Å². The number of hydrogen-bond acceptors (Lipinski definition) is 0. The first-order valence-corrected chi connectivity index (χ1v) is 37.8. The Balaban J connectivity index is -0.000000143. The fourth-order valence-corrected chi connectivity index (χ4v) is 13.9. The molecule has 0 heterocycles. The molecule has 0 nitrogen and oxygen atoms in total. The number of alkyl halides is 8. The molecule has 8 heteroatoms. The minimum absolute atomic E-state index is 0.0994. The zero-order valence-electron chi connectivity index (χ0n) is 69.3. The van der Waals surface area contributed by atoms with Gasteiger partial charge in [0, 0.05) is 10.8 Å². The summed E-state index contributed by atoms with van der Waals surface area (Å²) in [4.78, 5) is 0. The van der Waals surface area contributed by atoms with Crippen molar-refractivity contribution in [1.82, 2.24) is 0 Å². The molecular formula is C82H172F8. The summed E-state index contributed by atoms with van der Waals surface area (Å²) in [7, 11) is 0. The van der Waals surface area contributed by atoms with E-state index in [2.05, 4.69) is 125 Å². The highest BCUT2D eigenvalue weighted by atomic mass is 19.2. The Hall–Kier alpha value is -0.560. The fraction of sp³-hybridized carbons (Fsp3) is 1.00. The molecule has 556 valence electrons. The van der Waals surface area contributed by atoms with Gasteiger partial charge in [0.25, 0.3) is 0 Å². The number of halogens is 8. The van der Waals surface area contributed by atoms with Crippen molar-refractivity contribution in [2.45, 2.75) is 445 Å². The molecule has 0 saturated carbocycles. The van der Waals surface area contributed by atoms with E-state index >= 15 is 0 Å². The lowest BCUT2D eigenvalue weighted by Crippen LogP contribution is -2.43. The first kappa shape index (κ1) is 105. The van der Waals surface area contributed by atoms with E-state index in [1.165, 1.54) is 0 Å². The van der Waals surface area contributed by atoms with Crippen molar-refractivity contribution in [3.05, 3.63) is 0 Å². The minimum Gasteiger partial charge on any atom is -0.244 e. The average molecular weight is 1310 g/mol. The molecule has 0 bridgehead atoms. The van der Waals surface area contributed by atoms with Gasteiger partial charge >= 0.3 is 0 Å². The van der Waals surface area contributed by atoms with Crippen LogP contribution in [0.3, 0.4) is 0 Å². The van der Waals surface area contributed by atoms with E-state index in [-0.39, 0.29) is 64.1 Å². The third-order valence-electron chi connectivity index (χ3n) is 22.7. The Labute approximate surface area is 565 Å². The molecule has 0 aromatic rings. The SMILES string of the molecule is CC(C)C(C(C)C)C(C)(F)C(C)C.CC(C)C(C)(F)C(C)C.CCC(C)(CC)C(C)(F)C(C)C.CCC(CC)C(C)(F)C(C)C.CCCC(C)(F)C(C(C)C)C(C)C.CCCC(C)(F)C(C)(CC)CC.CCCC(C)(F)C(CC)CC.CCCC(C)(F)CCC. The second kappa shape index (κ2) is 49.9. The Morgan fingerprint density at radius 3 is 0.667 bits per heavy atom. The van der Waals surface area contributed by atoms with Crippen LogP contribution in [-0.2, 0) is 0 Å². The number of rotatable bonds is 33. The molecule has 0 spiro atoms. The van der Waals surface area contributed by atoms with Gasteiger partial charge in [0.2, 0.25) is 0 Å². The molecule has 6 unspecified atom stereocenters. The van der Waals surface area contributed by atoms with E-state index in [1.807, 2.05) is 104 Å². The summed E-state index contributed by atoms with van der Waals surface area (Å²) in [5, 5.41) is 0. The van der Waals surface area contributed by atoms with Crippen molar-refractivity contribution in [2.24, 2.45) is 87.8 Å². The largest absolute Gasteiger partial charge is 0.244 e. The van der Waals surface area contributed by atoms with Crippen LogP contribution in [-0.4, -0.2) is 45.4 Å². The van der Waals surface area contributed by atoms with E-state index in [9.17, 15) is 35.1 Å². The van der Waals surface area contributed by atoms with Crippen molar-refractivity contribution < 1.29 is 35.1 Å². The second-order valence-electron chi connectivity index (χ2n) is 32.8. The van der Waals surface area contributed by atoms with Crippen LogP contribution in [0.4, 0.5) is 35.1 Å². The lowest BCUT2D eigenvalue weighted by molar-refractivity contribution is -0.0267. The molecule has 0 saturated heterocycles. The van der Waals surface area contributed by atoms with E-state index in [1.54, 1.807) is 55.4 Å². The van der Waals surface area contributed by atoms with Gasteiger partial charge in [-0.25, -0.2) is 35.1 Å². The van der Waals surface area contributed by atoms with Crippen LogP contribution < -0.4 is 0 Å². The van der Waals surface area contributed by atoms with Gasteiger partial charge < -0.3 is 0 Å². The molecule has 0 radical (unpaired) electrons. The van der Waals surface area contributed by atoms with Gasteiger partial charge in [0.05, 0.1) is 0 Å². The minimum atomic E-state index is -1.05. The van der Waals surface area contributed by atoms with Crippen LogP contribution in [0, 0.1) is 87.8 Å². The van der Waals surface area contributed by atoms with Crippen LogP contribution in [0.15, 0.2) is 0 Å². The quantitative estimate of drug-likeness (QED) is 0.0575. The normalized spacial score (nSPS) is 16.5. The van der Waals surface area contributed by atoms with Gasteiger partial charge in [-0.1, -0.05) is 286 Å². The summed E-state index contributed by atoms with van der Waals surface area (Å²) in [6.07, 6.45) is 15.7. The first-order valence-electron chi connectivity index (χ1n) is 37.8. The summed E-state index contributed by atoms with van der Waals surface area (Å²) >= 11 is 0. The van der Waals surface area contributed by atoms with Gasteiger partial charge in [-0.2, -0.15) is 0 Å². The van der Waals surface area contributed by atoms with E-state index in [0.717, 1.165) is 83.5 Å². The van der Waals surface area contributed by atoms with Crippen LogP contribution in [0.2, 0.25) is 0 Å². The summed E-state index contributed by atoms with van der Waals surface area (Å²) in [5.74, 6) is 3.09. The highest BCUT2D eigenvalue weighted by Crippen LogP contribution is 2.46. The Kier molecular flexibility index (Phi) is 58.4. The molecule has 0 aliphatic heterocycles. The van der Waals surface area contributed by atoms with E-state index < -0.39 is 45.4 Å². The lowest BCUT2D eigenvalue weighted by atomic mass is 9.67. The maximum atomic E-state index is 14.4. The van der Waals surface area contributed by atoms with Crippen LogP contribution in [0.25, 0.3) is 0 Å². The summed E-state index contributed by atoms with van der Waals surface area (Å²) in [6, 6.07) is 0. The lowest BCUT2D eigenvalue weighted by Gasteiger charge is -2.42. The summed E-state index contributed by atoms with van der Waals surface area (Å²) in [5.41, 5.74) is -8.18. The van der Waals surface area contributed by atoms with Crippen molar-refractivity contribution in [2.75, 3.05) is 0 Å². The average Bonchev–Trinajstić information content (AvgIpc) is 1.03. The van der Waals surface area contributed by atoms with Gasteiger partial charge in [-0.3, -0.25) is 0 Å². The molecule has 0 aliphatic rings. The predicted octanol–water partition coefficient (Wildman–Crippen LogP) is 31.4. The van der Waals surface area contributed by atoms with E-state index in [4.69, 9.17) is 0 Å². The zero-order valence-corrected chi connectivity index (χ0v) is 69.3. The molecule has 0 fully saturated rings. The molecule has 0 aromatic heterocycles. The molecular weight excluding hydrogens is 1140 g/mol. The highest BCUT2D eigenvalue weighted by Gasteiger charge is 2.45. The van der Waals surface area contributed by atoms with Crippen molar-refractivity contribution in [3.63, 3.8) is 0 Å². The van der Waals surface area contributed by atoms with Gasteiger partial charge in [0.1, 0.15) is 45.4 Å². The highest BCUT2D eigenvalue weighted by molar-refractivity contribution is 4.95. The Morgan fingerprint density at radius 2 is 0.511 bits per heavy atom. The third-order valence-corrected chi connectivity index (χ3v) is 22.7. The Bertz CT molecular complexity index is 1540. The summed E-state index contributed by atoms with van der Waals surface area (Å²) < 4.78 is 111. The smallest absolute Gasteiger partial charge is 0.115 e. The van der Waals surface area contributed by atoms with Gasteiger partial charge in [-0.05, 0) is 190 Å². The monoisotopic (exact) mass is 1310 g/mol. The van der Waals surface area contributed by atoms with Crippen LogP contribution in [0.1, 0.15) is 399 Å². The first-order chi connectivity index (χ1) is 40.3. The summed E-state index contributed by atoms with van der Waals surface area (Å²) in [6.45, 7) is 81.1. The van der Waals surface area contributed by atoms with Crippen LogP contribution in [0.5, 0.6) is 0 Å². The predicted molar refractivity (Wildman–Crippen MR) is 397 cm³/mol. The van der Waals surface area contributed by atoms with Crippen molar-refractivity contribution >= 4 is 0 Å². The molecule has 90 heavy (non-hydrogen) atoms.